The molecule has 1 saturated heterocycles. The lowest BCUT2D eigenvalue weighted by Gasteiger charge is -2.31. The molecule has 3 aromatic rings. The Morgan fingerprint density at radius 2 is 1.73 bits per heavy atom. The summed E-state index contributed by atoms with van der Waals surface area (Å²) < 4.78 is 81.7. The fourth-order valence-electron chi connectivity index (χ4n) is 3.84. The molecular formula is C20H19F4N3O2S. The molecule has 4 rings (SSSR count). The van der Waals surface area contributed by atoms with Crippen molar-refractivity contribution in [3.63, 3.8) is 0 Å². The van der Waals surface area contributed by atoms with Gasteiger partial charge in [0, 0.05) is 19.6 Å². The Kier molecular flexibility index (Phi) is 5.31. The van der Waals surface area contributed by atoms with Crippen molar-refractivity contribution in [2.45, 2.75) is 30.5 Å². The first-order valence-corrected chi connectivity index (χ1v) is 10.9. The van der Waals surface area contributed by atoms with Crippen molar-refractivity contribution in [1.29, 1.82) is 0 Å². The molecule has 160 valence electrons. The van der Waals surface area contributed by atoms with Crippen LogP contribution in [-0.2, 0) is 22.7 Å². The number of halogens is 4. The fourth-order valence-corrected chi connectivity index (χ4v) is 5.35. The molecular weight excluding hydrogens is 422 g/mol. The number of rotatable bonds is 4. The van der Waals surface area contributed by atoms with Gasteiger partial charge in [-0.15, -0.1) is 0 Å². The second-order valence-corrected chi connectivity index (χ2v) is 9.28. The topological polar surface area (TPSA) is 55.2 Å². The maximum atomic E-state index is 13.5. The molecule has 10 heteroatoms. The molecule has 0 spiro atoms. The number of hydrogen-bond donors (Lipinski definition) is 0. The van der Waals surface area contributed by atoms with Gasteiger partial charge in [0.2, 0.25) is 15.8 Å². The second kappa shape index (κ2) is 7.66. The standard InChI is InChI=1S/C20H19F4N3O2S/c21-15-4-3-5-16(12-15)30(28,29)26-10-8-14(9-11-26)13-27-18-7-2-1-6-17(18)25-19(27)20(22,23)24/h1-7,12,14H,8-11,13H2. The molecule has 0 bridgehead atoms. The number of nitrogens with zero attached hydrogens (tertiary/aromatic N) is 3. The van der Waals surface area contributed by atoms with E-state index in [1.807, 2.05) is 0 Å². The van der Waals surface area contributed by atoms with E-state index in [9.17, 15) is 26.0 Å². The van der Waals surface area contributed by atoms with Crippen LogP contribution in [0.4, 0.5) is 17.6 Å². The van der Waals surface area contributed by atoms with E-state index >= 15 is 0 Å². The number of alkyl halides is 3. The van der Waals surface area contributed by atoms with Crippen molar-refractivity contribution in [2.75, 3.05) is 13.1 Å². The quantitative estimate of drug-likeness (QED) is 0.568. The molecule has 1 aliphatic rings. The SMILES string of the molecule is O=S(=O)(c1cccc(F)c1)N1CCC(Cn2c(C(F)(F)F)nc3ccccc32)CC1. The number of benzene rings is 2. The largest absolute Gasteiger partial charge is 0.449 e. The summed E-state index contributed by atoms with van der Waals surface area (Å²) in [7, 11) is -3.84. The lowest BCUT2D eigenvalue weighted by molar-refractivity contribution is -0.147. The van der Waals surface area contributed by atoms with Gasteiger partial charge in [-0.05, 0) is 49.1 Å². The zero-order valence-electron chi connectivity index (χ0n) is 15.8. The summed E-state index contributed by atoms with van der Waals surface area (Å²) >= 11 is 0. The van der Waals surface area contributed by atoms with Crippen molar-refractivity contribution in [2.24, 2.45) is 5.92 Å². The van der Waals surface area contributed by atoms with Crippen molar-refractivity contribution in [1.82, 2.24) is 13.9 Å². The predicted molar refractivity (Wildman–Crippen MR) is 103 cm³/mol. The van der Waals surface area contributed by atoms with Crippen molar-refractivity contribution < 1.29 is 26.0 Å². The van der Waals surface area contributed by atoms with Gasteiger partial charge in [-0.25, -0.2) is 17.8 Å². The Labute approximate surface area is 171 Å². The van der Waals surface area contributed by atoms with Gasteiger partial charge in [0.15, 0.2) is 0 Å². The average molecular weight is 441 g/mol. The number of para-hydroxylation sites is 2. The van der Waals surface area contributed by atoms with E-state index in [1.54, 1.807) is 18.2 Å². The number of hydrogen-bond acceptors (Lipinski definition) is 3. The minimum Gasteiger partial charge on any atom is -0.320 e. The number of imidazole rings is 1. The van der Waals surface area contributed by atoms with Crippen LogP contribution in [0.1, 0.15) is 18.7 Å². The summed E-state index contributed by atoms with van der Waals surface area (Å²) in [4.78, 5) is 3.62. The molecule has 1 aliphatic heterocycles. The van der Waals surface area contributed by atoms with Crippen LogP contribution < -0.4 is 0 Å². The van der Waals surface area contributed by atoms with E-state index < -0.39 is 27.8 Å². The number of sulfonamides is 1. The van der Waals surface area contributed by atoms with Gasteiger partial charge in [-0.1, -0.05) is 18.2 Å². The van der Waals surface area contributed by atoms with Gasteiger partial charge in [-0.3, -0.25) is 0 Å². The van der Waals surface area contributed by atoms with Gasteiger partial charge in [0.25, 0.3) is 0 Å². The molecule has 1 aromatic heterocycles. The van der Waals surface area contributed by atoms with Gasteiger partial charge >= 0.3 is 6.18 Å². The van der Waals surface area contributed by atoms with Crippen LogP contribution in [0.5, 0.6) is 0 Å². The molecule has 0 unspecified atom stereocenters. The van der Waals surface area contributed by atoms with Gasteiger partial charge in [-0.2, -0.15) is 17.5 Å². The van der Waals surface area contributed by atoms with Crippen molar-refractivity contribution in [3.05, 3.63) is 60.2 Å². The lowest BCUT2D eigenvalue weighted by Crippen LogP contribution is -2.39. The van der Waals surface area contributed by atoms with E-state index in [0.717, 1.165) is 6.07 Å². The summed E-state index contributed by atoms with van der Waals surface area (Å²) in [5, 5.41) is 0. The van der Waals surface area contributed by atoms with Crippen LogP contribution in [-0.4, -0.2) is 35.4 Å². The fraction of sp³-hybridized carbons (Fsp3) is 0.350. The summed E-state index contributed by atoms with van der Waals surface area (Å²) in [6.45, 7) is 0.429. The first-order chi connectivity index (χ1) is 14.2. The molecule has 0 N–H and O–H groups in total. The molecule has 2 aromatic carbocycles. The third kappa shape index (κ3) is 3.93. The first-order valence-electron chi connectivity index (χ1n) is 9.44. The third-order valence-corrected chi connectivity index (χ3v) is 7.25. The predicted octanol–water partition coefficient (Wildman–Crippen LogP) is 4.30. The van der Waals surface area contributed by atoms with Gasteiger partial charge in [0.1, 0.15) is 5.82 Å². The normalized spacial score (nSPS) is 16.9. The molecule has 1 fully saturated rings. The molecule has 0 amide bonds. The lowest BCUT2D eigenvalue weighted by atomic mass is 9.98. The maximum absolute atomic E-state index is 13.5. The van der Waals surface area contributed by atoms with E-state index in [2.05, 4.69) is 4.98 Å². The minimum absolute atomic E-state index is 0.100. The maximum Gasteiger partial charge on any atom is 0.449 e. The highest BCUT2D eigenvalue weighted by atomic mass is 32.2. The third-order valence-electron chi connectivity index (χ3n) is 5.36. The Balaban J connectivity index is 1.52. The smallest absolute Gasteiger partial charge is 0.320 e. The average Bonchev–Trinajstić information content (AvgIpc) is 3.07. The highest BCUT2D eigenvalue weighted by Gasteiger charge is 2.38. The molecule has 0 radical (unpaired) electrons. The van der Waals surface area contributed by atoms with E-state index in [1.165, 1.54) is 33.1 Å². The van der Waals surface area contributed by atoms with E-state index in [0.29, 0.717) is 18.4 Å². The summed E-state index contributed by atoms with van der Waals surface area (Å²) in [6.07, 6.45) is -3.78. The van der Waals surface area contributed by atoms with Crippen LogP contribution in [0.2, 0.25) is 0 Å². The Morgan fingerprint density at radius 3 is 2.40 bits per heavy atom. The zero-order chi connectivity index (χ0) is 21.5. The van der Waals surface area contributed by atoms with Gasteiger partial charge in [0.05, 0.1) is 15.9 Å². The van der Waals surface area contributed by atoms with Crippen LogP contribution in [0.3, 0.4) is 0 Å². The molecule has 0 aliphatic carbocycles. The minimum atomic E-state index is -4.58. The highest BCUT2D eigenvalue weighted by Crippen LogP contribution is 2.33. The molecule has 0 atom stereocenters. The van der Waals surface area contributed by atoms with E-state index in [-0.39, 0.29) is 36.0 Å². The van der Waals surface area contributed by atoms with Crippen LogP contribution in [0, 0.1) is 11.7 Å². The van der Waals surface area contributed by atoms with E-state index in [4.69, 9.17) is 0 Å². The number of aromatic nitrogens is 2. The Bertz CT molecular complexity index is 1170. The summed E-state index contributed by atoms with van der Waals surface area (Å²) in [6, 6.07) is 11.2. The Hall–Kier alpha value is -2.46. The van der Waals surface area contributed by atoms with Crippen molar-refractivity contribution in [3.8, 4) is 0 Å². The molecule has 0 saturated carbocycles. The highest BCUT2D eigenvalue weighted by molar-refractivity contribution is 7.89. The van der Waals surface area contributed by atoms with Crippen molar-refractivity contribution >= 4 is 21.1 Å². The monoisotopic (exact) mass is 441 g/mol. The summed E-state index contributed by atoms with van der Waals surface area (Å²) in [5.41, 5.74) is 0.676. The Morgan fingerprint density at radius 1 is 1.03 bits per heavy atom. The number of piperidine rings is 1. The van der Waals surface area contributed by atoms with Crippen LogP contribution in [0.25, 0.3) is 11.0 Å². The van der Waals surface area contributed by atoms with Crippen LogP contribution >= 0.6 is 0 Å². The molecule has 5 nitrogen and oxygen atoms in total. The van der Waals surface area contributed by atoms with Gasteiger partial charge < -0.3 is 4.57 Å². The van der Waals surface area contributed by atoms with Crippen LogP contribution in [0.15, 0.2) is 53.4 Å². The number of fused-ring (bicyclic) bond motifs is 1. The second-order valence-electron chi connectivity index (χ2n) is 7.34. The molecule has 30 heavy (non-hydrogen) atoms. The first kappa shape index (κ1) is 20.8. The molecule has 2 heterocycles. The summed E-state index contributed by atoms with van der Waals surface area (Å²) in [5.74, 6) is -1.72. The zero-order valence-corrected chi connectivity index (χ0v) is 16.6.